The van der Waals surface area contributed by atoms with Crippen molar-refractivity contribution in [2.45, 2.75) is 42.7 Å². The first kappa shape index (κ1) is 19.6. The lowest BCUT2D eigenvalue weighted by Gasteiger charge is -2.13. The Balaban J connectivity index is 1.43. The standard InChI is InChI=1S/C21H21Cl2N3OS/c1-26-20(15-7-9-17(10-8-15)27-16-4-2-3-5-16)24-25-21(26)28-13-14-6-11-18(22)19(23)12-14/h6-12,16H,2-5,13H2,1H3. The average Bonchev–Trinajstić information content (AvgIpc) is 3.33. The molecule has 4 nitrogen and oxygen atoms in total. The van der Waals surface area contributed by atoms with Crippen LogP contribution < -0.4 is 4.74 Å². The summed E-state index contributed by atoms with van der Waals surface area (Å²) in [5, 5.41) is 10.7. The van der Waals surface area contributed by atoms with Gasteiger partial charge in [-0.15, -0.1) is 10.2 Å². The van der Waals surface area contributed by atoms with Crippen LogP contribution in [0.25, 0.3) is 11.4 Å². The molecule has 1 heterocycles. The summed E-state index contributed by atoms with van der Waals surface area (Å²) in [4.78, 5) is 0. The van der Waals surface area contributed by atoms with E-state index in [0.29, 0.717) is 16.1 Å². The molecule has 1 aliphatic carbocycles. The molecule has 0 bridgehead atoms. The fourth-order valence-electron chi connectivity index (χ4n) is 3.35. The Morgan fingerprint density at radius 3 is 2.50 bits per heavy atom. The van der Waals surface area contributed by atoms with Gasteiger partial charge < -0.3 is 9.30 Å². The fourth-order valence-corrected chi connectivity index (χ4v) is 4.53. The molecular formula is C21H21Cl2N3OS. The van der Waals surface area contributed by atoms with Gasteiger partial charge in [-0.1, -0.05) is 41.0 Å². The van der Waals surface area contributed by atoms with Gasteiger partial charge in [0.15, 0.2) is 11.0 Å². The molecule has 28 heavy (non-hydrogen) atoms. The topological polar surface area (TPSA) is 39.9 Å². The smallest absolute Gasteiger partial charge is 0.191 e. The largest absolute Gasteiger partial charge is 0.490 e. The van der Waals surface area contributed by atoms with Crippen molar-refractivity contribution >= 4 is 35.0 Å². The highest BCUT2D eigenvalue weighted by molar-refractivity contribution is 7.98. The Kier molecular flexibility index (Phi) is 6.14. The van der Waals surface area contributed by atoms with E-state index < -0.39 is 0 Å². The van der Waals surface area contributed by atoms with E-state index in [1.807, 2.05) is 54.1 Å². The van der Waals surface area contributed by atoms with Crippen LogP contribution in [0, 0.1) is 0 Å². The molecule has 0 radical (unpaired) electrons. The second-order valence-corrected chi connectivity index (χ2v) is 8.71. The highest BCUT2D eigenvalue weighted by Gasteiger charge is 2.17. The minimum Gasteiger partial charge on any atom is -0.490 e. The number of thioether (sulfide) groups is 1. The van der Waals surface area contributed by atoms with E-state index >= 15 is 0 Å². The number of ether oxygens (including phenoxy) is 1. The van der Waals surface area contributed by atoms with Crippen LogP contribution in [0.2, 0.25) is 10.0 Å². The van der Waals surface area contributed by atoms with Crippen LogP contribution in [0.5, 0.6) is 5.75 Å². The number of halogens is 2. The molecule has 146 valence electrons. The van der Waals surface area contributed by atoms with Crippen LogP contribution in [-0.4, -0.2) is 20.9 Å². The molecule has 7 heteroatoms. The van der Waals surface area contributed by atoms with Crippen molar-refractivity contribution < 1.29 is 4.74 Å². The Hall–Kier alpha value is -1.69. The highest BCUT2D eigenvalue weighted by atomic mass is 35.5. The molecular weight excluding hydrogens is 413 g/mol. The summed E-state index contributed by atoms with van der Waals surface area (Å²) in [6.45, 7) is 0. The molecule has 0 amide bonds. The zero-order valence-corrected chi connectivity index (χ0v) is 17.9. The first-order valence-electron chi connectivity index (χ1n) is 9.33. The Morgan fingerprint density at radius 2 is 1.79 bits per heavy atom. The van der Waals surface area contributed by atoms with Gasteiger partial charge in [0, 0.05) is 18.4 Å². The van der Waals surface area contributed by atoms with Crippen molar-refractivity contribution in [3.8, 4) is 17.1 Å². The van der Waals surface area contributed by atoms with Crippen LogP contribution in [0.4, 0.5) is 0 Å². The van der Waals surface area contributed by atoms with E-state index in [-0.39, 0.29) is 0 Å². The van der Waals surface area contributed by atoms with Gasteiger partial charge in [-0.3, -0.25) is 0 Å². The van der Waals surface area contributed by atoms with E-state index in [1.165, 1.54) is 12.8 Å². The Bertz CT molecular complexity index is 953. The van der Waals surface area contributed by atoms with Gasteiger partial charge in [-0.05, 0) is 67.6 Å². The molecule has 0 spiro atoms. The van der Waals surface area contributed by atoms with Crippen molar-refractivity contribution in [1.82, 2.24) is 14.8 Å². The number of hydrogen-bond acceptors (Lipinski definition) is 4. The molecule has 1 saturated carbocycles. The number of rotatable bonds is 6. The van der Waals surface area contributed by atoms with E-state index in [1.54, 1.807) is 11.8 Å². The maximum absolute atomic E-state index is 6.09. The number of hydrogen-bond donors (Lipinski definition) is 0. The van der Waals surface area contributed by atoms with Crippen LogP contribution >= 0.6 is 35.0 Å². The third-order valence-corrected chi connectivity index (χ3v) is 6.73. The Labute approximate surface area is 179 Å². The molecule has 4 rings (SSSR count). The summed E-state index contributed by atoms with van der Waals surface area (Å²) in [5.41, 5.74) is 2.12. The van der Waals surface area contributed by atoms with Crippen LogP contribution in [0.15, 0.2) is 47.6 Å². The summed E-state index contributed by atoms with van der Waals surface area (Å²) in [5.74, 6) is 2.51. The van der Waals surface area contributed by atoms with Crippen molar-refractivity contribution in [3.63, 3.8) is 0 Å². The number of aromatic nitrogens is 3. The van der Waals surface area contributed by atoms with Gasteiger partial charge in [-0.2, -0.15) is 0 Å². The first-order chi connectivity index (χ1) is 13.6. The summed E-state index contributed by atoms with van der Waals surface area (Å²) in [7, 11) is 1.98. The van der Waals surface area contributed by atoms with Crippen molar-refractivity contribution in [2.75, 3.05) is 0 Å². The molecule has 0 aliphatic heterocycles. The fraction of sp³-hybridized carbons (Fsp3) is 0.333. The van der Waals surface area contributed by atoms with Gasteiger partial charge in [0.1, 0.15) is 5.75 Å². The molecule has 0 N–H and O–H groups in total. The predicted molar refractivity (Wildman–Crippen MR) is 115 cm³/mol. The lowest BCUT2D eigenvalue weighted by atomic mass is 10.2. The molecule has 1 aromatic heterocycles. The zero-order valence-electron chi connectivity index (χ0n) is 15.6. The SMILES string of the molecule is Cn1c(SCc2ccc(Cl)c(Cl)c2)nnc1-c1ccc(OC2CCCC2)cc1. The summed E-state index contributed by atoms with van der Waals surface area (Å²) in [6.07, 6.45) is 5.22. The van der Waals surface area contributed by atoms with E-state index in [9.17, 15) is 0 Å². The van der Waals surface area contributed by atoms with Crippen LogP contribution in [-0.2, 0) is 12.8 Å². The Morgan fingerprint density at radius 1 is 1.04 bits per heavy atom. The number of benzene rings is 2. The van der Waals surface area contributed by atoms with E-state index in [4.69, 9.17) is 27.9 Å². The molecule has 0 atom stereocenters. The minimum atomic E-state index is 0.366. The van der Waals surface area contributed by atoms with E-state index in [2.05, 4.69) is 10.2 Å². The van der Waals surface area contributed by atoms with Gasteiger partial charge in [0.25, 0.3) is 0 Å². The van der Waals surface area contributed by atoms with Gasteiger partial charge in [-0.25, -0.2) is 0 Å². The lowest BCUT2D eigenvalue weighted by molar-refractivity contribution is 0.210. The zero-order chi connectivity index (χ0) is 19.5. The molecule has 0 unspecified atom stereocenters. The number of nitrogens with zero attached hydrogens (tertiary/aromatic N) is 3. The maximum Gasteiger partial charge on any atom is 0.191 e. The maximum atomic E-state index is 6.09. The molecule has 1 aliphatic rings. The highest BCUT2D eigenvalue weighted by Crippen LogP contribution is 2.30. The van der Waals surface area contributed by atoms with Crippen molar-refractivity contribution in [2.24, 2.45) is 7.05 Å². The van der Waals surface area contributed by atoms with Crippen molar-refractivity contribution in [3.05, 3.63) is 58.1 Å². The second-order valence-electron chi connectivity index (χ2n) is 6.95. The van der Waals surface area contributed by atoms with E-state index in [0.717, 1.165) is 46.5 Å². The summed E-state index contributed by atoms with van der Waals surface area (Å²) < 4.78 is 8.05. The molecule has 1 fully saturated rings. The van der Waals surface area contributed by atoms with Gasteiger partial charge >= 0.3 is 0 Å². The normalized spacial score (nSPS) is 14.5. The first-order valence-corrected chi connectivity index (χ1v) is 11.1. The predicted octanol–water partition coefficient (Wildman–Crippen LogP) is 6.40. The van der Waals surface area contributed by atoms with Crippen LogP contribution in [0.3, 0.4) is 0 Å². The second kappa shape index (κ2) is 8.76. The molecule has 0 saturated heterocycles. The lowest BCUT2D eigenvalue weighted by Crippen LogP contribution is -2.10. The minimum absolute atomic E-state index is 0.366. The molecule has 3 aromatic rings. The average molecular weight is 434 g/mol. The van der Waals surface area contributed by atoms with Crippen molar-refractivity contribution in [1.29, 1.82) is 0 Å². The summed E-state index contributed by atoms with van der Waals surface area (Å²) in [6, 6.07) is 13.8. The quantitative estimate of drug-likeness (QED) is 0.421. The molecule has 2 aromatic carbocycles. The third-order valence-electron chi connectivity index (χ3n) is 4.90. The summed E-state index contributed by atoms with van der Waals surface area (Å²) >= 11 is 13.7. The van der Waals surface area contributed by atoms with Gasteiger partial charge in [0.05, 0.1) is 16.1 Å². The van der Waals surface area contributed by atoms with Gasteiger partial charge in [0.2, 0.25) is 0 Å². The van der Waals surface area contributed by atoms with Crippen LogP contribution in [0.1, 0.15) is 31.2 Å². The third kappa shape index (κ3) is 4.48. The monoisotopic (exact) mass is 433 g/mol.